The molecular formula is C39H23N3OS. The minimum Gasteiger partial charge on any atom is -0.456 e. The largest absolute Gasteiger partial charge is 0.456 e. The van der Waals surface area contributed by atoms with Gasteiger partial charge in [-0.25, -0.2) is 15.0 Å². The third-order valence-corrected chi connectivity index (χ3v) is 9.29. The Morgan fingerprint density at radius 1 is 0.364 bits per heavy atom. The second-order valence-electron chi connectivity index (χ2n) is 10.9. The molecule has 0 spiro atoms. The van der Waals surface area contributed by atoms with E-state index in [0.717, 1.165) is 44.2 Å². The lowest BCUT2D eigenvalue weighted by Gasteiger charge is -2.08. The first-order valence-corrected chi connectivity index (χ1v) is 15.3. The van der Waals surface area contributed by atoms with Gasteiger partial charge in [-0.2, -0.15) is 0 Å². The van der Waals surface area contributed by atoms with Gasteiger partial charge in [0.15, 0.2) is 17.5 Å². The number of fused-ring (bicyclic) bond motifs is 6. The van der Waals surface area contributed by atoms with E-state index in [2.05, 4.69) is 72.8 Å². The molecule has 9 aromatic rings. The normalized spacial score (nSPS) is 11.6. The van der Waals surface area contributed by atoms with Gasteiger partial charge in [0.05, 0.1) is 0 Å². The molecule has 0 aliphatic heterocycles. The van der Waals surface area contributed by atoms with E-state index in [-0.39, 0.29) is 0 Å². The van der Waals surface area contributed by atoms with E-state index in [9.17, 15) is 0 Å². The van der Waals surface area contributed by atoms with E-state index < -0.39 is 0 Å². The highest BCUT2D eigenvalue weighted by atomic mass is 32.1. The fraction of sp³-hybridized carbons (Fsp3) is 0. The maximum Gasteiger partial charge on any atom is 0.164 e. The maximum absolute atomic E-state index is 6.48. The Kier molecular flexibility index (Phi) is 5.64. The van der Waals surface area contributed by atoms with Gasteiger partial charge < -0.3 is 4.42 Å². The molecule has 6 aromatic carbocycles. The molecule has 0 N–H and O–H groups in total. The fourth-order valence-corrected chi connectivity index (χ4v) is 7.03. The molecule has 0 fully saturated rings. The summed E-state index contributed by atoms with van der Waals surface area (Å²) in [6.45, 7) is 0. The zero-order valence-corrected chi connectivity index (χ0v) is 24.3. The molecule has 0 amide bonds. The van der Waals surface area contributed by atoms with Gasteiger partial charge in [0, 0.05) is 47.6 Å². The lowest BCUT2D eigenvalue weighted by atomic mass is 10.0. The Balaban J connectivity index is 1.15. The van der Waals surface area contributed by atoms with Crippen molar-refractivity contribution >= 4 is 53.4 Å². The van der Waals surface area contributed by atoms with Crippen molar-refractivity contribution in [2.24, 2.45) is 0 Å². The summed E-state index contributed by atoms with van der Waals surface area (Å²) in [5, 5.41) is 4.74. The standard InChI is InChI=1S/C39H23N3OS/c1-3-9-24(10-4-1)37-40-38(25-11-5-2-6-12-25)42-39(41-37)28-16-19-30-29-18-15-27(22-33(29)43-34(30)23-28)26-17-20-36-32(21-26)31-13-7-8-14-35(31)44-36/h1-23H. The van der Waals surface area contributed by atoms with E-state index in [4.69, 9.17) is 19.4 Å². The number of thiophene rings is 1. The maximum atomic E-state index is 6.48. The number of hydrogen-bond donors (Lipinski definition) is 0. The van der Waals surface area contributed by atoms with Crippen LogP contribution >= 0.6 is 11.3 Å². The van der Waals surface area contributed by atoms with Crippen LogP contribution in [0, 0.1) is 0 Å². The molecule has 0 radical (unpaired) electrons. The molecule has 0 atom stereocenters. The Hall–Kier alpha value is -5.65. The van der Waals surface area contributed by atoms with Crippen molar-refractivity contribution in [2.75, 3.05) is 0 Å². The molecule has 4 nitrogen and oxygen atoms in total. The summed E-state index contributed by atoms with van der Waals surface area (Å²) in [5.74, 6) is 1.88. The Bertz CT molecular complexity index is 2440. The molecule has 0 aliphatic rings. The van der Waals surface area contributed by atoms with Gasteiger partial charge in [-0.15, -0.1) is 11.3 Å². The molecule has 0 unspecified atom stereocenters. The molecule has 0 saturated heterocycles. The van der Waals surface area contributed by atoms with Crippen LogP contribution in [0.25, 0.3) is 87.4 Å². The molecule has 3 heterocycles. The zero-order chi connectivity index (χ0) is 29.0. The SMILES string of the molecule is c1ccc(-c2nc(-c3ccccc3)nc(-c3ccc4c(c3)oc3cc(-c5ccc6sc7ccccc7c6c5)ccc34)n2)cc1. The Morgan fingerprint density at radius 2 is 0.864 bits per heavy atom. The lowest BCUT2D eigenvalue weighted by Crippen LogP contribution is -2.00. The van der Waals surface area contributed by atoms with Crippen LogP contribution in [-0.4, -0.2) is 15.0 Å². The fourth-order valence-electron chi connectivity index (χ4n) is 5.94. The van der Waals surface area contributed by atoms with Gasteiger partial charge in [0.1, 0.15) is 11.2 Å². The van der Waals surface area contributed by atoms with Crippen LogP contribution in [0.2, 0.25) is 0 Å². The van der Waals surface area contributed by atoms with Crippen LogP contribution in [-0.2, 0) is 0 Å². The van der Waals surface area contributed by atoms with Crippen LogP contribution in [0.3, 0.4) is 0 Å². The third-order valence-electron chi connectivity index (χ3n) is 8.14. The topological polar surface area (TPSA) is 51.8 Å². The van der Waals surface area contributed by atoms with Gasteiger partial charge in [-0.05, 0) is 53.6 Å². The monoisotopic (exact) mass is 581 g/mol. The summed E-state index contributed by atoms with van der Waals surface area (Å²) in [7, 11) is 0. The summed E-state index contributed by atoms with van der Waals surface area (Å²) in [6, 6.07) is 48.1. The Labute approximate surface area is 256 Å². The molecule has 5 heteroatoms. The highest BCUT2D eigenvalue weighted by molar-refractivity contribution is 7.25. The first kappa shape index (κ1) is 24.9. The third kappa shape index (κ3) is 4.17. The van der Waals surface area contributed by atoms with Gasteiger partial charge in [-0.1, -0.05) is 97.1 Å². The van der Waals surface area contributed by atoms with Gasteiger partial charge >= 0.3 is 0 Å². The summed E-state index contributed by atoms with van der Waals surface area (Å²) >= 11 is 1.84. The number of aromatic nitrogens is 3. The minimum atomic E-state index is 0.608. The molecule has 206 valence electrons. The van der Waals surface area contributed by atoms with Crippen LogP contribution in [0.15, 0.2) is 144 Å². The summed E-state index contributed by atoms with van der Waals surface area (Å²) in [4.78, 5) is 14.6. The average Bonchev–Trinajstić information content (AvgIpc) is 3.66. The van der Waals surface area contributed by atoms with E-state index in [1.165, 1.54) is 25.7 Å². The summed E-state index contributed by atoms with van der Waals surface area (Å²) in [6.07, 6.45) is 0. The second kappa shape index (κ2) is 9.97. The van der Waals surface area contributed by atoms with Crippen LogP contribution in [0.5, 0.6) is 0 Å². The highest BCUT2D eigenvalue weighted by Crippen LogP contribution is 2.38. The summed E-state index contributed by atoms with van der Waals surface area (Å²) in [5.41, 5.74) is 6.73. The second-order valence-corrected chi connectivity index (χ2v) is 12.0. The molecule has 0 aliphatic carbocycles. The number of hydrogen-bond acceptors (Lipinski definition) is 5. The quantitative estimate of drug-likeness (QED) is 0.207. The van der Waals surface area contributed by atoms with Crippen molar-refractivity contribution in [1.29, 1.82) is 0 Å². The van der Waals surface area contributed by atoms with E-state index >= 15 is 0 Å². The first-order chi connectivity index (χ1) is 21.8. The van der Waals surface area contributed by atoms with Gasteiger partial charge in [0.25, 0.3) is 0 Å². The van der Waals surface area contributed by atoms with Crippen molar-refractivity contribution in [3.8, 4) is 45.3 Å². The predicted octanol–water partition coefficient (Wildman–Crippen LogP) is 10.8. The predicted molar refractivity (Wildman–Crippen MR) is 182 cm³/mol. The van der Waals surface area contributed by atoms with E-state index in [1.54, 1.807) is 0 Å². The smallest absolute Gasteiger partial charge is 0.164 e. The van der Waals surface area contributed by atoms with Gasteiger partial charge in [0.2, 0.25) is 0 Å². The molecule has 9 rings (SSSR count). The molecule has 3 aromatic heterocycles. The van der Waals surface area contributed by atoms with Crippen LogP contribution in [0.1, 0.15) is 0 Å². The summed E-state index contributed by atoms with van der Waals surface area (Å²) < 4.78 is 9.10. The van der Waals surface area contributed by atoms with Crippen molar-refractivity contribution in [3.05, 3.63) is 140 Å². The molecule has 0 bridgehead atoms. The van der Waals surface area contributed by atoms with Crippen molar-refractivity contribution < 1.29 is 4.42 Å². The van der Waals surface area contributed by atoms with Crippen molar-refractivity contribution in [3.63, 3.8) is 0 Å². The van der Waals surface area contributed by atoms with E-state index in [1.807, 2.05) is 78.1 Å². The number of benzene rings is 6. The molecular weight excluding hydrogens is 559 g/mol. The van der Waals surface area contributed by atoms with Crippen LogP contribution < -0.4 is 0 Å². The van der Waals surface area contributed by atoms with Crippen LogP contribution in [0.4, 0.5) is 0 Å². The zero-order valence-electron chi connectivity index (χ0n) is 23.4. The van der Waals surface area contributed by atoms with Gasteiger partial charge in [-0.3, -0.25) is 0 Å². The molecule has 0 saturated carbocycles. The van der Waals surface area contributed by atoms with Crippen molar-refractivity contribution in [1.82, 2.24) is 15.0 Å². The first-order valence-electron chi connectivity index (χ1n) is 14.5. The van der Waals surface area contributed by atoms with Crippen molar-refractivity contribution in [2.45, 2.75) is 0 Å². The number of rotatable bonds is 4. The van der Waals surface area contributed by atoms with E-state index in [0.29, 0.717) is 17.5 Å². The average molecular weight is 582 g/mol. The lowest BCUT2D eigenvalue weighted by molar-refractivity contribution is 0.669. The number of furan rings is 1. The highest BCUT2D eigenvalue weighted by Gasteiger charge is 2.15. The molecule has 44 heavy (non-hydrogen) atoms. The minimum absolute atomic E-state index is 0.608. The Morgan fingerprint density at radius 3 is 1.55 bits per heavy atom. The number of nitrogens with zero attached hydrogens (tertiary/aromatic N) is 3.